The quantitative estimate of drug-likeness (QED) is 0.388. The fourth-order valence-electron chi connectivity index (χ4n) is 4.38. The van der Waals surface area contributed by atoms with Gasteiger partial charge in [0, 0.05) is 47.2 Å². The standard InChI is InChI=1S/C25H23FN4O3S/c1-14-24(30-13-27-2)18(15-4-6-16(7-5-15)34(3,31)32)11-28-25(14)29-12-19-20(26)8-9-21-23(19)17-10-22(17)33-21/h4-9,11,13,17,22H,2,10,12H2,1,3H3,(H,28,29)/b30-13-. The van der Waals surface area contributed by atoms with Crippen molar-refractivity contribution in [1.29, 1.82) is 0 Å². The van der Waals surface area contributed by atoms with Crippen LogP contribution in [0.5, 0.6) is 5.75 Å². The van der Waals surface area contributed by atoms with Crippen LogP contribution in [0.15, 0.2) is 57.5 Å². The van der Waals surface area contributed by atoms with E-state index in [-0.39, 0.29) is 29.3 Å². The zero-order valence-electron chi connectivity index (χ0n) is 18.7. The largest absolute Gasteiger partial charge is 0.489 e. The molecule has 1 fully saturated rings. The zero-order valence-corrected chi connectivity index (χ0v) is 19.6. The average molecular weight is 479 g/mol. The minimum absolute atomic E-state index is 0.177. The zero-order chi connectivity index (χ0) is 24.0. The van der Waals surface area contributed by atoms with Gasteiger partial charge in [0.25, 0.3) is 0 Å². The molecule has 0 saturated heterocycles. The molecule has 0 spiro atoms. The Morgan fingerprint density at radius 2 is 2.03 bits per heavy atom. The van der Waals surface area contributed by atoms with E-state index in [9.17, 15) is 12.8 Å². The van der Waals surface area contributed by atoms with Gasteiger partial charge in [0.1, 0.15) is 29.8 Å². The third-order valence-electron chi connectivity index (χ3n) is 6.22. The summed E-state index contributed by atoms with van der Waals surface area (Å²) in [5.74, 6) is 1.33. The molecule has 7 nitrogen and oxygen atoms in total. The van der Waals surface area contributed by atoms with Crippen molar-refractivity contribution >= 4 is 34.4 Å². The van der Waals surface area contributed by atoms with E-state index < -0.39 is 9.84 Å². The number of sulfone groups is 1. The number of hydrogen-bond donors (Lipinski definition) is 1. The van der Waals surface area contributed by atoms with Crippen LogP contribution in [0.3, 0.4) is 0 Å². The molecule has 0 bridgehead atoms. The molecular formula is C25H23FN4O3S. The third kappa shape index (κ3) is 3.96. The molecule has 0 amide bonds. The summed E-state index contributed by atoms with van der Waals surface area (Å²) in [5.41, 5.74) is 4.38. The van der Waals surface area contributed by atoms with Gasteiger partial charge in [0.2, 0.25) is 0 Å². The lowest BCUT2D eigenvalue weighted by atomic mass is 10.0. The van der Waals surface area contributed by atoms with E-state index in [1.165, 1.54) is 18.7 Å². The summed E-state index contributed by atoms with van der Waals surface area (Å²) in [7, 11) is -3.30. The predicted molar refractivity (Wildman–Crippen MR) is 131 cm³/mol. The first-order chi connectivity index (χ1) is 16.3. The van der Waals surface area contributed by atoms with Gasteiger partial charge in [-0.25, -0.2) is 22.8 Å². The number of anilines is 1. The molecule has 1 aliphatic carbocycles. The molecule has 1 N–H and O–H groups in total. The lowest BCUT2D eigenvalue weighted by molar-refractivity contribution is 0.318. The Hall–Kier alpha value is -3.59. The number of pyridine rings is 1. The van der Waals surface area contributed by atoms with Gasteiger partial charge in [0.15, 0.2) is 9.84 Å². The van der Waals surface area contributed by atoms with Gasteiger partial charge in [-0.15, -0.1) is 0 Å². The normalized spacial score (nSPS) is 18.3. The molecule has 34 heavy (non-hydrogen) atoms. The Balaban J connectivity index is 1.48. The van der Waals surface area contributed by atoms with Crippen LogP contribution in [0.4, 0.5) is 15.9 Å². The van der Waals surface area contributed by atoms with Gasteiger partial charge >= 0.3 is 0 Å². The van der Waals surface area contributed by atoms with E-state index in [0.29, 0.717) is 22.6 Å². The number of halogens is 1. The van der Waals surface area contributed by atoms with E-state index in [1.807, 2.05) is 6.92 Å². The fourth-order valence-corrected chi connectivity index (χ4v) is 5.01. The van der Waals surface area contributed by atoms with Gasteiger partial charge in [-0.2, -0.15) is 0 Å². The minimum Gasteiger partial charge on any atom is -0.489 e. The summed E-state index contributed by atoms with van der Waals surface area (Å²) in [5, 5.41) is 3.26. The fraction of sp³-hybridized carbons (Fsp3) is 0.240. The van der Waals surface area contributed by atoms with Crippen LogP contribution in [0.25, 0.3) is 11.1 Å². The lowest BCUT2D eigenvalue weighted by Gasteiger charge is -2.16. The van der Waals surface area contributed by atoms with Gasteiger partial charge in [-0.05, 0) is 49.9 Å². The summed E-state index contributed by atoms with van der Waals surface area (Å²) < 4.78 is 44.1. The second kappa shape index (κ2) is 8.32. The molecule has 2 aliphatic rings. The molecule has 2 unspecified atom stereocenters. The summed E-state index contributed by atoms with van der Waals surface area (Å²) in [6, 6.07) is 9.68. The summed E-state index contributed by atoms with van der Waals surface area (Å²) in [6.45, 7) is 5.58. The van der Waals surface area contributed by atoms with Gasteiger partial charge in [0.05, 0.1) is 10.6 Å². The molecule has 0 radical (unpaired) electrons. The smallest absolute Gasteiger partial charge is 0.175 e. The average Bonchev–Trinajstić information content (AvgIpc) is 3.48. The number of nitrogens with zero attached hydrogens (tertiary/aromatic N) is 3. The topological polar surface area (TPSA) is 93.0 Å². The number of ether oxygens (including phenoxy) is 1. The van der Waals surface area contributed by atoms with Crippen LogP contribution in [-0.2, 0) is 16.4 Å². The highest BCUT2D eigenvalue weighted by molar-refractivity contribution is 7.90. The van der Waals surface area contributed by atoms with Crippen LogP contribution in [0.1, 0.15) is 29.0 Å². The summed E-state index contributed by atoms with van der Waals surface area (Å²) in [4.78, 5) is 12.9. The number of aromatic nitrogens is 1. The monoisotopic (exact) mass is 478 g/mol. The van der Waals surface area contributed by atoms with Crippen LogP contribution >= 0.6 is 0 Å². The highest BCUT2D eigenvalue weighted by Gasteiger charge is 2.49. The highest BCUT2D eigenvalue weighted by Crippen LogP contribution is 2.55. The molecule has 3 aromatic rings. The second-order valence-electron chi connectivity index (χ2n) is 8.51. The van der Waals surface area contributed by atoms with Crippen molar-refractivity contribution in [1.82, 2.24) is 4.98 Å². The molecule has 2 atom stereocenters. The van der Waals surface area contributed by atoms with Crippen molar-refractivity contribution < 1.29 is 17.5 Å². The maximum absolute atomic E-state index is 14.7. The first-order valence-electron chi connectivity index (χ1n) is 10.8. The maximum Gasteiger partial charge on any atom is 0.175 e. The molecule has 5 rings (SSSR count). The molecule has 1 saturated carbocycles. The van der Waals surface area contributed by atoms with E-state index in [1.54, 1.807) is 36.5 Å². The Morgan fingerprint density at radius 3 is 2.74 bits per heavy atom. The number of benzene rings is 2. The van der Waals surface area contributed by atoms with Gasteiger partial charge in [-0.3, -0.25) is 4.99 Å². The summed E-state index contributed by atoms with van der Waals surface area (Å²) >= 11 is 0. The minimum atomic E-state index is -3.30. The van der Waals surface area contributed by atoms with E-state index in [4.69, 9.17) is 4.74 Å². The Labute approximate surface area is 197 Å². The number of hydrogen-bond acceptors (Lipinski definition) is 6. The molecule has 9 heteroatoms. The van der Waals surface area contributed by atoms with E-state index in [2.05, 4.69) is 27.0 Å². The number of nitrogens with one attached hydrogen (secondary N) is 1. The Morgan fingerprint density at radius 1 is 1.26 bits per heavy atom. The van der Waals surface area contributed by atoms with Crippen LogP contribution in [-0.4, -0.2) is 38.8 Å². The van der Waals surface area contributed by atoms with Crippen molar-refractivity contribution in [2.24, 2.45) is 9.98 Å². The van der Waals surface area contributed by atoms with Crippen molar-refractivity contribution in [3.8, 4) is 16.9 Å². The Bertz CT molecular complexity index is 1440. The Kier molecular flexibility index (Phi) is 5.44. The van der Waals surface area contributed by atoms with Gasteiger partial charge in [-0.1, -0.05) is 12.1 Å². The van der Waals surface area contributed by atoms with Crippen LogP contribution < -0.4 is 10.1 Å². The predicted octanol–water partition coefficient (Wildman–Crippen LogP) is 4.82. The number of aliphatic imine (C=N–C) groups is 2. The van der Waals surface area contributed by atoms with Crippen molar-refractivity contribution in [2.45, 2.75) is 36.8 Å². The molecule has 2 aromatic carbocycles. The lowest BCUT2D eigenvalue weighted by Crippen LogP contribution is -2.08. The highest BCUT2D eigenvalue weighted by atomic mass is 32.2. The molecular weight excluding hydrogens is 455 g/mol. The van der Waals surface area contributed by atoms with Crippen LogP contribution in [0.2, 0.25) is 0 Å². The van der Waals surface area contributed by atoms with Crippen molar-refractivity contribution in [2.75, 3.05) is 11.6 Å². The van der Waals surface area contributed by atoms with E-state index in [0.717, 1.165) is 28.9 Å². The van der Waals surface area contributed by atoms with Crippen molar-refractivity contribution in [3.05, 3.63) is 65.1 Å². The second-order valence-corrected chi connectivity index (χ2v) is 10.5. The molecule has 1 aliphatic heterocycles. The maximum atomic E-state index is 14.7. The van der Waals surface area contributed by atoms with E-state index >= 15 is 0 Å². The van der Waals surface area contributed by atoms with Gasteiger partial charge < -0.3 is 10.1 Å². The van der Waals surface area contributed by atoms with Crippen molar-refractivity contribution in [3.63, 3.8) is 0 Å². The number of rotatable bonds is 7. The SMILES string of the molecule is C=N/C=N\c1c(-c2ccc(S(C)(=O)=O)cc2)cnc(NCc2c(F)ccc3c2C2CC2O3)c1C. The molecule has 1 aromatic heterocycles. The summed E-state index contributed by atoms with van der Waals surface area (Å²) in [6.07, 6.45) is 5.28. The van der Waals surface area contributed by atoms with Crippen LogP contribution in [0, 0.1) is 12.7 Å². The first-order valence-corrected chi connectivity index (χ1v) is 12.7. The first kappa shape index (κ1) is 22.2. The molecule has 2 heterocycles. The number of fused-ring (bicyclic) bond motifs is 3. The molecule has 174 valence electrons. The third-order valence-corrected chi connectivity index (χ3v) is 7.35.